The Hall–Kier alpha value is -2.92. The van der Waals surface area contributed by atoms with E-state index in [1.807, 2.05) is 37.3 Å². The Balaban J connectivity index is 1.48. The normalized spacial score (nSPS) is 30.0. The highest BCUT2D eigenvalue weighted by atomic mass is 32.2. The topological polar surface area (TPSA) is 56.1 Å². The Kier molecular flexibility index (Phi) is 4.19. The van der Waals surface area contributed by atoms with Gasteiger partial charge in [-0.1, -0.05) is 55.0 Å². The van der Waals surface area contributed by atoms with E-state index in [0.29, 0.717) is 23.3 Å². The van der Waals surface area contributed by atoms with E-state index in [1.54, 1.807) is 30.5 Å². The maximum absolute atomic E-state index is 13.5. The van der Waals surface area contributed by atoms with Crippen molar-refractivity contribution in [1.82, 2.24) is 3.97 Å². The Morgan fingerprint density at radius 2 is 1.72 bits per heavy atom. The van der Waals surface area contributed by atoms with Gasteiger partial charge in [-0.15, -0.1) is 0 Å². The van der Waals surface area contributed by atoms with Crippen molar-refractivity contribution in [3.8, 4) is 0 Å². The lowest BCUT2D eigenvalue weighted by Crippen LogP contribution is -2.20. The molecule has 2 bridgehead atoms. The van der Waals surface area contributed by atoms with Crippen LogP contribution in [0.4, 0.5) is 0 Å². The zero-order valence-corrected chi connectivity index (χ0v) is 18.9. The molecular formula is C27H25NO3S. The first-order valence-electron chi connectivity index (χ1n) is 11.2. The highest BCUT2D eigenvalue weighted by molar-refractivity contribution is 7.90. The number of carbonyl (C=O) groups excluding carboxylic acids is 1. The van der Waals surface area contributed by atoms with Gasteiger partial charge in [-0.3, -0.25) is 4.79 Å². The minimum absolute atomic E-state index is 0.0934. The number of hydrogen-bond acceptors (Lipinski definition) is 3. The van der Waals surface area contributed by atoms with Gasteiger partial charge in [0.15, 0.2) is 5.78 Å². The van der Waals surface area contributed by atoms with Crippen molar-refractivity contribution in [2.45, 2.75) is 25.2 Å². The molecule has 162 valence electrons. The lowest BCUT2D eigenvalue weighted by molar-refractivity contribution is -0.118. The standard InChI is InChI=1S/C27H25NO3S/c1-16-7-11-21(12-8-16)32(30,31)28-15-20(22-5-3-4-6-24(22)28)14-23-17(2)25-18-9-10-19(13-18)26(25)27(23)29/h3-12,14-15,17-19,25-26H,13H2,1-2H3/b23-14+/t17-,18+,19-,25-,26+/m1/s1. The second-order valence-corrected chi connectivity index (χ2v) is 11.3. The third-order valence-corrected chi connectivity index (χ3v) is 9.46. The summed E-state index contributed by atoms with van der Waals surface area (Å²) in [7, 11) is -3.75. The lowest BCUT2D eigenvalue weighted by Gasteiger charge is -2.21. The molecule has 3 aliphatic rings. The molecule has 5 heteroatoms. The number of aryl methyl sites for hydroxylation is 1. The molecule has 0 spiro atoms. The SMILES string of the molecule is Cc1ccc(S(=O)(=O)n2cc(/C=C3/C(=O)[C@@H]4[C@H]([C@@H]3C)[C@H]3C=C[C@@H]4C3)c3ccccc32)cc1. The first kappa shape index (κ1) is 19.7. The van der Waals surface area contributed by atoms with E-state index < -0.39 is 10.0 Å². The summed E-state index contributed by atoms with van der Waals surface area (Å²) >= 11 is 0. The Morgan fingerprint density at radius 3 is 2.47 bits per heavy atom. The van der Waals surface area contributed by atoms with E-state index >= 15 is 0 Å². The number of allylic oxidation sites excluding steroid dienone is 3. The molecule has 1 aromatic heterocycles. The summed E-state index contributed by atoms with van der Waals surface area (Å²) in [5.41, 5.74) is 3.26. The fourth-order valence-corrected chi connectivity index (χ4v) is 7.60. The number of Topliss-reactive ketones (excluding diaryl/α,β-unsaturated/α-hetero) is 1. The van der Waals surface area contributed by atoms with Crippen LogP contribution in [-0.4, -0.2) is 18.2 Å². The second kappa shape index (κ2) is 6.79. The van der Waals surface area contributed by atoms with Crippen LogP contribution in [0.3, 0.4) is 0 Å². The number of rotatable bonds is 3. The van der Waals surface area contributed by atoms with Crippen LogP contribution >= 0.6 is 0 Å². The van der Waals surface area contributed by atoms with Crippen LogP contribution in [0.15, 0.2) is 77.3 Å². The molecule has 0 amide bonds. The van der Waals surface area contributed by atoms with Crippen molar-refractivity contribution < 1.29 is 13.2 Å². The molecule has 3 aliphatic carbocycles. The van der Waals surface area contributed by atoms with Gasteiger partial charge in [0.05, 0.1) is 10.4 Å². The average molecular weight is 444 g/mol. The molecule has 2 aromatic carbocycles. The molecule has 32 heavy (non-hydrogen) atoms. The fraction of sp³-hybridized carbons (Fsp3) is 0.296. The molecule has 4 nitrogen and oxygen atoms in total. The van der Waals surface area contributed by atoms with Crippen LogP contribution in [0.2, 0.25) is 0 Å². The number of aromatic nitrogens is 1. The fourth-order valence-electron chi connectivity index (χ4n) is 6.22. The minimum atomic E-state index is -3.75. The summed E-state index contributed by atoms with van der Waals surface area (Å²) in [6.45, 7) is 4.09. The second-order valence-electron chi connectivity index (χ2n) is 9.52. The molecule has 1 heterocycles. The molecular weight excluding hydrogens is 418 g/mol. The first-order valence-corrected chi connectivity index (χ1v) is 12.7. The van der Waals surface area contributed by atoms with Gasteiger partial charge in [-0.25, -0.2) is 12.4 Å². The van der Waals surface area contributed by atoms with Crippen LogP contribution in [0.5, 0.6) is 0 Å². The zero-order valence-electron chi connectivity index (χ0n) is 18.1. The van der Waals surface area contributed by atoms with Gasteiger partial charge in [-0.05, 0) is 66.9 Å². The smallest absolute Gasteiger partial charge is 0.268 e. The molecule has 2 fully saturated rings. The molecule has 0 unspecified atom stereocenters. The molecule has 3 aromatic rings. The van der Waals surface area contributed by atoms with Crippen LogP contribution < -0.4 is 0 Å². The van der Waals surface area contributed by atoms with Crippen LogP contribution in [0.1, 0.15) is 24.5 Å². The minimum Gasteiger partial charge on any atom is -0.294 e. The van der Waals surface area contributed by atoms with E-state index in [2.05, 4.69) is 19.1 Å². The van der Waals surface area contributed by atoms with Gasteiger partial charge in [0.1, 0.15) is 0 Å². The number of benzene rings is 2. The van der Waals surface area contributed by atoms with Crippen LogP contribution in [0.25, 0.3) is 17.0 Å². The van der Waals surface area contributed by atoms with E-state index in [1.165, 1.54) is 3.97 Å². The monoisotopic (exact) mass is 443 g/mol. The number of carbonyl (C=O) groups is 1. The van der Waals surface area contributed by atoms with E-state index in [-0.39, 0.29) is 22.5 Å². The van der Waals surface area contributed by atoms with Gasteiger partial charge >= 0.3 is 0 Å². The summed E-state index contributed by atoms with van der Waals surface area (Å²) in [4.78, 5) is 13.6. The molecule has 0 N–H and O–H groups in total. The highest BCUT2D eigenvalue weighted by Crippen LogP contribution is 2.58. The summed E-state index contributed by atoms with van der Waals surface area (Å²) in [6, 6.07) is 14.4. The van der Waals surface area contributed by atoms with Gasteiger partial charge in [0.25, 0.3) is 10.0 Å². The van der Waals surface area contributed by atoms with E-state index in [9.17, 15) is 13.2 Å². The predicted molar refractivity (Wildman–Crippen MR) is 126 cm³/mol. The summed E-state index contributed by atoms with van der Waals surface area (Å²) in [5, 5.41) is 0.842. The molecule has 0 aliphatic heterocycles. The van der Waals surface area contributed by atoms with Crippen molar-refractivity contribution >= 4 is 32.8 Å². The summed E-state index contributed by atoms with van der Waals surface area (Å²) in [5.74, 6) is 1.78. The highest BCUT2D eigenvalue weighted by Gasteiger charge is 2.56. The Bertz CT molecular complexity index is 1430. The molecule has 2 saturated carbocycles. The van der Waals surface area contributed by atoms with Crippen LogP contribution in [-0.2, 0) is 14.8 Å². The number of ketones is 1. The van der Waals surface area contributed by atoms with Gasteiger partial charge in [-0.2, -0.15) is 0 Å². The van der Waals surface area contributed by atoms with Gasteiger partial charge < -0.3 is 0 Å². The first-order chi connectivity index (χ1) is 15.4. The maximum atomic E-state index is 13.5. The van der Waals surface area contributed by atoms with Gasteiger partial charge in [0.2, 0.25) is 0 Å². The van der Waals surface area contributed by atoms with E-state index in [0.717, 1.165) is 28.5 Å². The predicted octanol–water partition coefficient (Wildman–Crippen LogP) is 5.23. The van der Waals surface area contributed by atoms with Crippen molar-refractivity contribution in [3.63, 3.8) is 0 Å². The number of para-hydroxylation sites is 1. The quantitative estimate of drug-likeness (QED) is 0.412. The summed E-state index contributed by atoms with van der Waals surface area (Å²) < 4.78 is 28.3. The zero-order chi connectivity index (χ0) is 22.2. The van der Waals surface area contributed by atoms with Crippen LogP contribution in [0, 0.1) is 36.5 Å². The number of nitrogens with zero attached hydrogens (tertiary/aromatic N) is 1. The molecule has 6 rings (SSSR count). The lowest BCUT2D eigenvalue weighted by atomic mass is 9.81. The third kappa shape index (κ3) is 2.67. The van der Waals surface area contributed by atoms with E-state index in [4.69, 9.17) is 0 Å². The van der Waals surface area contributed by atoms with Crippen molar-refractivity contribution in [2.75, 3.05) is 0 Å². The molecule has 5 atom stereocenters. The average Bonchev–Trinajstić information content (AvgIpc) is 3.54. The van der Waals surface area contributed by atoms with Crippen molar-refractivity contribution in [3.05, 3.63) is 83.6 Å². The Labute approximate surface area is 188 Å². The third-order valence-electron chi connectivity index (χ3n) is 7.77. The van der Waals surface area contributed by atoms with Crippen molar-refractivity contribution in [1.29, 1.82) is 0 Å². The maximum Gasteiger partial charge on any atom is 0.268 e. The van der Waals surface area contributed by atoms with Gasteiger partial charge in [0, 0.05) is 23.1 Å². The molecule has 0 saturated heterocycles. The summed E-state index contributed by atoms with van der Waals surface area (Å²) in [6.07, 6.45) is 9.24. The Morgan fingerprint density at radius 1 is 1.00 bits per heavy atom. The van der Waals surface area contributed by atoms with Crippen molar-refractivity contribution in [2.24, 2.45) is 29.6 Å². The largest absolute Gasteiger partial charge is 0.294 e. The number of hydrogen-bond donors (Lipinski definition) is 0. The molecule has 0 radical (unpaired) electrons. The number of fused-ring (bicyclic) bond motifs is 6.